The number of unbranched alkanes of at least 4 members (excludes halogenated alkanes) is 1. The van der Waals surface area contributed by atoms with Crippen LogP contribution in [0.5, 0.6) is 0 Å². The van der Waals surface area contributed by atoms with Crippen LogP contribution in [-0.4, -0.2) is 93.7 Å². The van der Waals surface area contributed by atoms with E-state index in [1.54, 1.807) is 24.3 Å². The smallest absolute Gasteiger partial charge is 0.315 e. The molecule has 206 valence electrons. The summed E-state index contributed by atoms with van der Waals surface area (Å²) in [6.45, 7) is 3.49. The third-order valence-corrected chi connectivity index (χ3v) is 7.61. The van der Waals surface area contributed by atoms with Crippen LogP contribution < -0.4 is 27.0 Å². The van der Waals surface area contributed by atoms with Gasteiger partial charge in [0.15, 0.2) is 0 Å². The van der Waals surface area contributed by atoms with E-state index in [2.05, 4.69) is 21.3 Å². The van der Waals surface area contributed by atoms with Crippen molar-refractivity contribution in [3.8, 4) is 0 Å². The molecule has 0 bridgehead atoms. The zero-order chi connectivity index (χ0) is 26.3. The highest BCUT2D eigenvalue weighted by atomic mass is 32.2. The van der Waals surface area contributed by atoms with E-state index in [1.807, 2.05) is 11.8 Å². The zero-order valence-electron chi connectivity index (χ0n) is 21.2. The molecule has 3 rings (SSSR count). The molecule has 3 unspecified atom stereocenters. The largest absolute Gasteiger partial charge is 0.399 e. The predicted molar refractivity (Wildman–Crippen MR) is 143 cm³/mol. The molecule has 0 radical (unpaired) electrons. The number of hydrogen-bond acceptors (Lipinski definition) is 8. The minimum Gasteiger partial charge on any atom is -0.399 e. The van der Waals surface area contributed by atoms with Crippen LogP contribution in [0.4, 0.5) is 10.5 Å². The minimum absolute atomic E-state index is 0.0365. The Balaban J connectivity index is 1.04. The average Bonchev–Trinajstić information content (AvgIpc) is 3.44. The van der Waals surface area contributed by atoms with E-state index in [-0.39, 0.29) is 29.9 Å². The summed E-state index contributed by atoms with van der Waals surface area (Å²) in [5.41, 5.74) is 6.79. The second-order valence-electron chi connectivity index (χ2n) is 8.93. The number of benzene rings is 1. The number of carbonyl (C=O) groups is 3. The summed E-state index contributed by atoms with van der Waals surface area (Å²) in [6, 6.07) is 7.14. The number of anilines is 1. The summed E-state index contributed by atoms with van der Waals surface area (Å²) in [4.78, 5) is 35.3. The Labute approximate surface area is 222 Å². The van der Waals surface area contributed by atoms with Gasteiger partial charge in [0.1, 0.15) is 0 Å². The molecule has 6 N–H and O–H groups in total. The molecule has 0 aliphatic carbocycles. The summed E-state index contributed by atoms with van der Waals surface area (Å²) < 4.78 is 16.3. The van der Waals surface area contributed by atoms with Gasteiger partial charge in [-0.1, -0.05) is 6.42 Å². The van der Waals surface area contributed by atoms with Gasteiger partial charge in [0.2, 0.25) is 5.91 Å². The van der Waals surface area contributed by atoms with Gasteiger partial charge in [-0.3, -0.25) is 9.59 Å². The van der Waals surface area contributed by atoms with Crippen molar-refractivity contribution in [2.45, 2.75) is 43.0 Å². The van der Waals surface area contributed by atoms with Crippen molar-refractivity contribution >= 4 is 35.3 Å². The van der Waals surface area contributed by atoms with Gasteiger partial charge >= 0.3 is 6.03 Å². The maximum Gasteiger partial charge on any atom is 0.315 e. The lowest BCUT2D eigenvalue weighted by Crippen LogP contribution is -2.36. The Morgan fingerprint density at radius 2 is 1.57 bits per heavy atom. The molecule has 2 aliphatic rings. The number of rotatable bonds is 18. The van der Waals surface area contributed by atoms with Crippen molar-refractivity contribution in [2.24, 2.45) is 0 Å². The molecule has 1 aromatic rings. The molecule has 2 aliphatic heterocycles. The first-order valence-electron chi connectivity index (χ1n) is 12.9. The Morgan fingerprint density at radius 1 is 0.919 bits per heavy atom. The van der Waals surface area contributed by atoms with Crippen LogP contribution in [0.3, 0.4) is 0 Å². The Morgan fingerprint density at radius 3 is 2.27 bits per heavy atom. The number of amides is 4. The van der Waals surface area contributed by atoms with Gasteiger partial charge in [-0.15, -0.1) is 0 Å². The highest BCUT2D eigenvalue weighted by molar-refractivity contribution is 8.00. The number of urea groups is 1. The fourth-order valence-electron chi connectivity index (χ4n) is 4.14. The van der Waals surface area contributed by atoms with Gasteiger partial charge in [0, 0.05) is 41.8 Å². The second-order valence-corrected chi connectivity index (χ2v) is 10.2. The molecule has 2 saturated heterocycles. The van der Waals surface area contributed by atoms with Crippen molar-refractivity contribution in [3.05, 3.63) is 29.8 Å². The van der Waals surface area contributed by atoms with Crippen LogP contribution >= 0.6 is 11.8 Å². The van der Waals surface area contributed by atoms with Gasteiger partial charge < -0.3 is 41.2 Å². The molecule has 4 amide bonds. The van der Waals surface area contributed by atoms with Crippen molar-refractivity contribution in [2.75, 3.05) is 64.2 Å². The molecule has 0 spiro atoms. The SMILES string of the molecule is Nc1ccc(C(=O)NCCOCCOCCOCCNC(=O)CCCCC2SCC3NC(=O)NC32)cc1. The maximum atomic E-state index is 12.0. The lowest BCUT2D eigenvalue weighted by atomic mass is 10.0. The van der Waals surface area contributed by atoms with Crippen LogP contribution in [0.25, 0.3) is 0 Å². The van der Waals surface area contributed by atoms with Crippen molar-refractivity contribution in [1.29, 1.82) is 0 Å². The minimum atomic E-state index is -0.163. The number of ether oxygens (including phenoxy) is 3. The fraction of sp³-hybridized carbons (Fsp3) is 0.640. The summed E-state index contributed by atoms with van der Waals surface area (Å²) in [5, 5.41) is 12.0. The maximum absolute atomic E-state index is 12.0. The van der Waals surface area contributed by atoms with Crippen LogP contribution in [0.2, 0.25) is 0 Å². The molecule has 2 heterocycles. The first-order chi connectivity index (χ1) is 18.0. The first-order valence-corrected chi connectivity index (χ1v) is 13.9. The first kappa shape index (κ1) is 29.0. The molecule has 0 saturated carbocycles. The van der Waals surface area contributed by atoms with Crippen molar-refractivity contribution < 1.29 is 28.6 Å². The third kappa shape index (κ3) is 10.8. The average molecular weight is 538 g/mol. The van der Waals surface area contributed by atoms with Gasteiger partial charge in [-0.25, -0.2) is 4.79 Å². The number of fused-ring (bicyclic) bond motifs is 1. The Bertz CT molecular complexity index is 858. The highest BCUT2D eigenvalue weighted by Gasteiger charge is 2.42. The lowest BCUT2D eigenvalue weighted by molar-refractivity contribution is -0.121. The topological polar surface area (TPSA) is 153 Å². The molecule has 12 heteroatoms. The number of nitrogens with one attached hydrogen (secondary N) is 4. The quantitative estimate of drug-likeness (QED) is 0.105. The number of hydrogen-bond donors (Lipinski definition) is 5. The van der Waals surface area contributed by atoms with Gasteiger partial charge in [-0.05, 0) is 37.1 Å². The standard InChI is InChI=1S/C25H39N5O6S/c26-19-7-5-18(6-8-19)24(32)28-10-12-35-14-16-36-15-13-34-11-9-27-22(31)4-2-1-3-21-23-20(17-37-21)29-25(33)30-23/h5-8,20-21,23H,1-4,9-17,26H2,(H,27,31)(H,28,32)(H2,29,30,33). The van der Waals surface area contributed by atoms with E-state index in [4.69, 9.17) is 19.9 Å². The van der Waals surface area contributed by atoms with Crippen LogP contribution in [-0.2, 0) is 19.0 Å². The molecule has 1 aromatic carbocycles. The van der Waals surface area contributed by atoms with Gasteiger partial charge in [0.25, 0.3) is 5.91 Å². The van der Waals surface area contributed by atoms with Crippen LogP contribution in [0.15, 0.2) is 24.3 Å². The van der Waals surface area contributed by atoms with E-state index in [0.29, 0.717) is 75.7 Å². The van der Waals surface area contributed by atoms with E-state index in [9.17, 15) is 14.4 Å². The number of nitrogen functional groups attached to an aromatic ring is 1. The summed E-state index contributed by atoms with van der Waals surface area (Å²) in [6.07, 6.45) is 3.33. The third-order valence-electron chi connectivity index (χ3n) is 6.10. The molecule has 0 aromatic heterocycles. The second kappa shape index (κ2) is 16.3. The Hall–Kier alpha value is -2.54. The van der Waals surface area contributed by atoms with Gasteiger partial charge in [-0.2, -0.15) is 11.8 Å². The van der Waals surface area contributed by atoms with E-state index in [0.717, 1.165) is 25.0 Å². The fourth-order valence-corrected chi connectivity index (χ4v) is 5.68. The highest BCUT2D eigenvalue weighted by Crippen LogP contribution is 2.33. The summed E-state index contributed by atoms with van der Waals surface area (Å²) in [5.74, 6) is 0.833. The number of thioether (sulfide) groups is 1. The normalized spacial score (nSPS) is 20.2. The molecular formula is C25H39N5O6S. The number of nitrogens with two attached hydrogens (primary N) is 1. The summed E-state index contributed by atoms with van der Waals surface area (Å²) >= 11 is 1.90. The monoisotopic (exact) mass is 537 g/mol. The summed E-state index contributed by atoms with van der Waals surface area (Å²) in [7, 11) is 0. The van der Waals surface area contributed by atoms with E-state index >= 15 is 0 Å². The molecule has 37 heavy (non-hydrogen) atoms. The van der Waals surface area contributed by atoms with Crippen molar-refractivity contribution in [3.63, 3.8) is 0 Å². The molecular weight excluding hydrogens is 498 g/mol. The van der Waals surface area contributed by atoms with E-state index in [1.165, 1.54) is 0 Å². The Kier molecular flexibility index (Phi) is 12.8. The molecule has 2 fully saturated rings. The lowest BCUT2D eigenvalue weighted by Gasteiger charge is -2.16. The van der Waals surface area contributed by atoms with Crippen molar-refractivity contribution in [1.82, 2.24) is 21.3 Å². The number of carbonyl (C=O) groups excluding carboxylic acids is 3. The van der Waals surface area contributed by atoms with Gasteiger partial charge in [0.05, 0.1) is 51.7 Å². The zero-order valence-corrected chi connectivity index (χ0v) is 22.0. The molecule has 11 nitrogen and oxygen atoms in total. The van der Waals surface area contributed by atoms with Crippen LogP contribution in [0.1, 0.15) is 36.0 Å². The predicted octanol–water partition coefficient (Wildman–Crippen LogP) is 0.890. The van der Waals surface area contributed by atoms with E-state index < -0.39 is 0 Å². The molecule has 3 atom stereocenters. The van der Waals surface area contributed by atoms with Crippen LogP contribution in [0, 0.1) is 0 Å².